The Morgan fingerprint density at radius 3 is 2.65 bits per heavy atom. The largest absolute Gasteiger partial charge is 0.491 e. The fraction of sp³-hybridized carbons (Fsp3) is 0.571. The predicted octanol–water partition coefficient (Wildman–Crippen LogP) is 2.73. The Morgan fingerprint density at radius 1 is 1.21 bits per heavy atom. The summed E-state index contributed by atoms with van der Waals surface area (Å²) in [6, 6.07) is 3.35. The van der Waals surface area contributed by atoms with Gasteiger partial charge in [0.2, 0.25) is 5.91 Å². The number of hydrogen-bond donors (Lipinski definition) is 4. The lowest BCUT2D eigenvalue weighted by Crippen LogP contribution is -2.39. The van der Waals surface area contributed by atoms with Crippen LogP contribution in [0.2, 0.25) is 0 Å². The molecule has 1 amide bonds. The average Bonchev–Trinajstić information content (AvgIpc) is 3.21. The molecule has 1 aliphatic carbocycles. The minimum atomic E-state index is -4.52. The van der Waals surface area contributed by atoms with Gasteiger partial charge in [0, 0.05) is 18.8 Å². The van der Waals surface area contributed by atoms with Gasteiger partial charge in [-0.1, -0.05) is 30.4 Å². The molecule has 6 atom stereocenters. The number of amides is 1. The van der Waals surface area contributed by atoms with Crippen molar-refractivity contribution in [1.29, 1.82) is 0 Å². The molecule has 12 nitrogen and oxygen atoms in total. The smallest absolute Gasteiger partial charge is 0.416 e. The number of aliphatic hydroxyl groups excluding tert-OH is 3. The van der Waals surface area contributed by atoms with Crippen LogP contribution in [0.1, 0.15) is 44.6 Å². The molecule has 0 heterocycles. The molecule has 2 rings (SSSR count). The van der Waals surface area contributed by atoms with Crippen LogP contribution in [0.25, 0.3) is 0 Å². The molecular formula is C28H37F3N2O10. The number of rotatable bonds is 17. The van der Waals surface area contributed by atoms with Crippen LogP contribution >= 0.6 is 0 Å². The number of alkyl halides is 3. The second-order valence-electron chi connectivity index (χ2n) is 10.0. The van der Waals surface area contributed by atoms with Crippen LogP contribution in [0.4, 0.5) is 13.2 Å². The maximum Gasteiger partial charge on any atom is 0.416 e. The Morgan fingerprint density at radius 2 is 1.95 bits per heavy atom. The highest BCUT2D eigenvalue weighted by molar-refractivity contribution is 5.84. The summed E-state index contributed by atoms with van der Waals surface area (Å²) >= 11 is 0. The predicted molar refractivity (Wildman–Crippen MR) is 145 cm³/mol. The van der Waals surface area contributed by atoms with E-state index in [4.69, 9.17) is 9.47 Å². The molecule has 1 aliphatic rings. The van der Waals surface area contributed by atoms with Crippen molar-refractivity contribution in [1.82, 2.24) is 5.32 Å². The highest BCUT2D eigenvalue weighted by Crippen LogP contribution is 2.36. The number of carbonyl (C=O) groups is 2. The van der Waals surface area contributed by atoms with Crippen molar-refractivity contribution < 1.29 is 57.5 Å². The Kier molecular flexibility index (Phi) is 14.4. The minimum absolute atomic E-state index is 0.0472. The zero-order valence-electron chi connectivity index (χ0n) is 23.5. The van der Waals surface area contributed by atoms with Crippen molar-refractivity contribution in [3.63, 3.8) is 0 Å². The average molecular weight is 619 g/mol. The van der Waals surface area contributed by atoms with Gasteiger partial charge in [-0.3, -0.25) is 4.79 Å². The first-order valence-corrected chi connectivity index (χ1v) is 13.7. The van der Waals surface area contributed by atoms with Crippen molar-refractivity contribution >= 4 is 11.9 Å². The number of nitrogens with zero attached hydrogens (tertiary/aromatic N) is 1. The van der Waals surface area contributed by atoms with Gasteiger partial charge in [-0.2, -0.15) is 13.2 Å². The van der Waals surface area contributed by atoms with E-state index in [0.717, 1.165) is 12.1 Å². The van der Waals surface area contributed by atoms with E-state index in [1.807, 2.05) is 12.2 Å². The molecule has 240 valence electrons. The third-order valence-corrected chi connectivity index (χ3v) is 6.66. The minimum Gasteiger partial charge on any atom is -0.491 e. The number of hydrogen-bond acceptors (Lipinski definition) is 10. The lowest BCUT2D eigenvalue weighted by atomic mass is 9.89. The molecule has 1 aromatic rings. The quantitative estimate of drug-likeness (QED) is 0.0667. The second-order valence-corrected chi connectivity index (χ2v) is 10.0. The number of benzene rings is 1. The van der Waals surface area contributed by atoms with Gasteiger partial charge in [-0.25, -0.2) is 4.79 Å². The van der Waals surface area contributed by atoms with E-state index in [-0.39, 0.29) is 43.6 Å². The number of ether oxygens (including phenoxy) is 2. The summed E-state index contributed by atoms with van der Waals surface area (Å²) in [5, 5.41) is 42.5. The number of esters is 1. The lowest BCUT2D eigenvalue weighted by Gasteiger charge is -2.19. The van der Waals surface area contributed by atoms with Crippen LogP contribution in [0.3, 0.4) is 0 Å². The SMILES string of the molecule is CC(NC(=O)CCCC=CC[C@@H]1[C@@H](C=C[C@@H](O)COc2cccc(C(F)(F)F)c2)[C@H](O)C[C@@H]1O)C(=O)OCCO[N+](=O)[O-]. The zero-order valence-corrected chi connectivity index (χ0v) is 23.5. The number of allylic oxidation sites excluding steroid dienone is 2. The molecule has 1 aromatic carbocycles. The van der Waals surface area contributed by atoms with Crippen molar-refractivity contribution in [2.24, 2.45) is 11.8 Å². The zero-order chi connectivity index (χ0) is 32.0. The normalized spacial score (nSPS) is 21.9. The molecule has 0 aromatic heterocycles. The molecule has 0 aliphatic heterocycles. The van der Waals surface area contributed by atoms with E-state index >= 15 is 0 Å². The second kappa shape index (κ2) is 17.4. The summed E-state index contributed by atoms with van der Waals surface area (Å²) < 4.78 is 48.6. The topological polar surface area (TPSA) is 178 Å². The van der Waals surface area contributed by atoms with Crippen molar-refractivity contribution in [2.75, 3.05) is 19.8 Å². The van der Waals surface area contributed by atoms with Gasteiger partial charge in [-0.05, 0) is 50.3 Å². The summed E-state index contributed by atoms with van der Waals surface area (Å²) in [6.45, 7) is 0.374. The van der Waals surface area contributed by atoms with Crippen molar-refractivity contribution in [3.8, 4) is 5.75 Å². The molecule has 4 N–H and O–H groups in total. The first kappa shape index (κ1) is 35.5. The van der Waals surface area contributed by atoms with E-state index in [1.54, 1.807) is 6.08 Å². The summed E-state index contributed by atoms with van der Waals surface area (Å²) in [6.07, 6.45) is 0.988. The fourth-order valence-electron chi connectivity index (χ4n) is 4.47. The highest BCUT2D eigenvalue weighted by atomic mass is 19.4. The molecule has 0 saturated heterocycles. The van der Waals surface area contributed by atoms with Gasteiger partial charge < -0.3 is 34.9 Å². The number of unbranched alkanes of at least 4 members (excludes halogenated alkanes) is 1. The lowest BCUT2D eigenvalue weighted by molar-refractivity contribution is -0.757. The van der Waals surface area contributed by atoms with Crippen LogP contribution in [0, 0.1) is 22.0 Å². The Bertz CT molecular complexity index is 1110. The standard InChI is InChI=1S/C28H37F3N2O10/c1-18(27(38)41-13-14-43-33(39)40)32-26(37)10-5-3-2-4-9-22-23(25(36)16-24(22)35)12-11-20(34)17-42-21-8-6-7-19(15-21)28(29,30)31/h2,4,6-8,11-12,15,18,20,22-25,34-36H,3,5,9-10,13-14,16-17H2,1H3,(H,32,37)/t18?,20-,22-,23-,24+,25-/m1/s1. The summed E-state index contributed by atoms with van der Waals surface area (Å²) in [4.78, 5) is 37.9. The van der Waals surface area contributed by atoms with Gasteiger partial charge in [-0.15, -0.1) is 10.1 Å². The van der Waals surface area contributed by atoms with Crippen LogP contribution in [0.15, 0.2) is 48.6 Å². The molecule has 43 heavy (non-hydrogen) atoms. The molecule has 0 radical (unpaired) electrons. The third-order valence-electron chi connectivity index (χ3n) is 6.66. The summed E-state index contributed by atoms with van der Waals surface area (Å²) in [5.74, 6) is -1.99. The Balaban J connectivity index is 1.73. The molecule has 1 fully saturated rings. The van der Waals surface area contributed by atoms with Crippen molar-refractivity contribution in [3.05, 3.63) is 64.2 Å². The van der Waals surface area contributed by atoms with Gasteiger partial charge in [0.05, 0.1) is 17.8 Å². The summed E-state index contributed by atoms with van der Waals surface area (Å²) in [7, 11) is 0. The van der Waals surface area contributed by atoms with Crippen LogP contribution in [0.5, 0.6) is 5.75 Å². The number of halogens is 3. The maximum atomic E-state index is 12.9. The van der Waals surface area contributed by atoms with E-state index in [1.165, 1.54) is 25.1 Å². The molecule has 1 saturated carbocycles. The maximum absolute atomic E-state index is 12.9. The molecular weight excluding hydrogens is 581 g/mol. The third kappa shape index (κ3) is 13.0. The summed E-state index contributed by atoms with van der Waals surface area (Å²) in [5.41, 5.74) is -0.870. The van der Waals surface area contributed by atoms with E-state index in [2.05, 4.69) is 10.2 Å². The number of carbonyl (C=O) groups excluding carboxylic acids is 2. The van der Waals surface area contributed by atoms with Crippen LogP contribution in [-0.2, 0) is 25.3 Å². The Hall–Kier alpha value is -3.69. The van der Waals surface area contributed by atoms with Gasteiger partial charge in [0.25, 0.3) is 5.09 Å². The first-order chi connectivity index (χ1) is 20.3. The fourth-order valence-corrected chi connectivity index (χ4v) is 4.47. The molecule has 0 spiro atoms. The number of nitrogens with one attached hydrogen (secondary N) is 1. The van der Waals surface area contributed by atoms with Gasteiger partial charge in [0.1, 0.15) is 37.7 Å². The molecule has 15 heteroatoms. The number of aliphatic hydroxyl groups is 3. The van der Waals surface area contributed by atoms with Crippen LogP contribution < -0.4 is 10.1 Å². The van der Waals surface area contributed by atoms with E-state index in [0.29, 0.717) is 19.3 Å². The Labute approximate surface area is 246 Å². The molecule has 0 bridgehead atoms. The van der Waals surface area contributed by atoms with E-state index in [9.17, 15) is 48.2 Å². The van der Waals surface area contributed by atoms with Gasteiger partial charge in [0.15, 0.2) is 0 Å². The first-order valence-electron chi connectivity index (χ1n) is 13.7. The van der Waals surface area contributed by atoms with E-state index < -0.39 is 59.7 Å². The van der Waals surface area contributed by atoms with Crippen LogP contribution in [-0.4, -0.2) is 76.5 Å². The van der Waals surface area contributed by atoms with Gasteiger partial charge >= 0.3 is 12.1 Å². The molecule has 1 unspecified atom stereocenters. The van der Waals surface area contributed by atoms with Crippen molar-refractivity contribution in [2.45, 2.75) is 69.6 Å². The monoisotopic (exact) mass is 618 g/mol. The highest BCUT2D eigenvalue weighted by Gasteiger charge is 2.39.